The molecule has 0 radical (unpaired) electrons. The van der Waals surface area contributed by atoms with Crippen LogP contribution in [-0.2, 0) is 0 Å². The lowest BCUT2D eigenvalue weighted by atomic mass is 10.4. The summed E-state index contributed by atoms with van der Waals surface area (Å²) >= 11 is 1.40. The highest BCUT2D eigenvalue weighted by atomic mass is 32.1. The summed E-state index contributed by atoms with van der Waals surface area (Å²) < 4.78 is 0.953. The number of carbonyl (C=O) groups excluding carboxylic acids is 1. The van der Waals surface area contributed by atoms with E-state index in [0.717, 1.165) is 16.5 Å². The summed E-state index contributed by atoms with van der Waals surface area (Å²) in [5.74, 6) is 0. The van der Waals surface area contributed by atoms with E-state index >= 15 is 0 Å². The highest BCUT2D eigenvalue weighted by Crippen LogP contribution is 2.20. The minimum Gasteiger partial charge on any atom is -0.297 e. The van der Waals surface area contributed by atoms with Gasteiger partial charge in [0, 0.05) is 6.20 Å². The van der Waals surface area contributed by atoms with Gasteiger partial charge < -0.3 is 0 Å². The zero-order valence-corrected chi connectivity index (χ0v) is 6.34. The monoisotopic (exact) mass is 164 g/mol. The topological polar surface area (TPSA) is 42.9 Å². The van der Waals surface area contributed by atoms with Gasteiger partial charge in [0.15, 0.2) is 6.29 Å². The fraction of sp³-hybridized carbons (Fsp3) is 0. The molecule has 0 aliphatic heterocycles. The number of aromatic nitrogens is 2. The second-order valence-electron chi connectivity index (χ2n) is 2.04. The van der Waals surface area contributed by atoms with Crippen LogP contribution >= 0.6 is 11.3 Å². The summed E-state index contributed by atoms with van der Waals surface area (Å²) in [4.78, 5) is 18.9. The Hall–Kier alpha value is -1.29. The maximum atomic E-state index is 10.3. The van der Waals surface area contributed by atoms with Crippen LogP contribution in [0.1, 0.15) is 9.67 Å². The molecule has 0 amide bonds. The summed E-state index contributed by atoms with van der Waals surface area (Å²) in [6.45, 7) is 0. The van der Waals surface area contributed by atoms with Crippen LogP contribution < -0.4 is 0 Å². The molecule has 0 fully saturated rings. The van der Waals surface area contributed by atoms with Crippen molar-refractivity contribution >= 4 is 27.8 Å². The molecule has 0 bridgehead atoms. The molecule has 0 aliphatic rings. The molecule has 2 aromatic heterocycles. The van der Waals surface area contributed by atoms with Crippen molar-refractivity contribution in [2.75, 3.05) is 0 Å². The van der Waals surface area contributed by atoms with Crippen LogP contribution in [0.3, 0.4) is 0 Å². The van der Waals surface area contributed by atoms with Gasteiger partial charge in [0.1, 0.15) is 6.33 Å². The Bertz CT molecular complexity index is 363. The van der Waals surface area contributed by atoms with Gasteiger partial charge >= 0.3 is 0 Å². The third-order valence-electron chi connectivity index (χ3n) is 1.33. The Balaban J connectivity index is 2.78. The van der Waals surface area contributed by atoms with Crippen LogP contribution in [0.15, 0.2) is 18.6 Å². The maximum Gasteiger partial charge on any atom is 0.160 e. The zero-order chi connectivity index (χ0) is 7.68. The van der Waals surface area contributed by atoms with Crippen molar-refractivity contribution in [3.05, 3.63) is 23.5 Å². The van der Waals surface area contributed by atoms with E-state index in [0.29, 0.717) is 4.88 Å². The summed E-state index contributed by atoms with van der Waals surface area (Å²) in [5.41, 5.74) is 0.840. The molecule has 0 aliphatic carbocycles. The van der Waals surface area contributed by atoms with Gasteiger partial charge in [-0.15, -0.1) is 11.3 Å². The number of aldehydes is 1. The Morgan fingerprint density at radius 1 is 1.55 bits per heavy atom. The normalized spacial score (nSPS) is 10.2. The van der Waals surface area contributed by atoms with Gasteiger partial charge in [0.25, 0.3) is 0 Å². The lowest BCUT2D eigenvalue weighted by Crippen LogP contribution is -1.72. The van der Waals surface area contributed by atoms with Crippen LogP contribution in [-0.4, -0.2) is 16.3 Å². The van der Waals surface area contributed by atoms with E-state index < -0.39 is 0 Å². The summed E-state index contributed by atoms with van der Waals surface area (Å²) in [6, 6.07) is 1.76. The fourth-order valence-electron chi connectivity index (χ4n) is 0.863. The maximum absolute atomic E-state index is 10.3. The third kappa shape index (κ3) is 1.01. The number of carbonyl (C=O) groups is 1. The van der Waals surface area contributed by atoms with Crippen LogP contribution in [0.4, 0.5) is 0 Å². The van der Waals surface area contributed by atoms with Gasteiger partial charge in [-0.05, 0) is 6.07 Å². The number of hydrogen-bond acceptors (Lipinski definition) is 4. The first-order valence-electron chi connectivity index (χ1n) is 3.05. The van der Waals surface area contributed by atoms with E-state index in [2.05, 4.69) is 9.97 Å². The molecule has 11 heavy (non-hydrogen) atoms. The average molecular weight is 164 g/mol. The summed E-state index contributed by atoms with van der Waals surface area (Å²) in [6.07, 6.45) is 4.01. The zero-order valence-electron chi connectivity index (χ0n) is 5.52. The van der Waals surface area contributed by atoms with Crippen molar-refractivity contribution in [3.8, 4) is 0 Å². The quantitative estimate of drug-likeness (QED) is 0.600. The van der Waals surface area contributed by atoms with Crippen LogP contribution in [0.2, 0.25) is 0 Å². The van der Waals surface area contributed by atoms with Gasteiger partial charge in [-0.1, -0.05) is 0 Å². The minimum atomic E-state index is 0.695. The second-order valence-corrected chi connectivity index (χ2v) is 3.15. The molecule has 4 heteroatoms. The highest BCUT2D eigenvalue weighted by molar-refractivity contribution is 7.20. The Morgan fingerprint density at radius 3 is 3.18 bits per heavy atom. The van der Waals surface area contributed by atoms with Crippen molar-refractivity contribution in [1.29, 1.82) is 0 Å². The second kappa shape index (κ2) is 2.39. The van der Waals surface area contributed by atoms with Crippen LogP contribution in [0.25, 0.3) is 10.2 Å². The van der Waals surface area contributed by atoms with Crippen molar-refractivity contribution < 1.29 is 4.79 Å². The largest absolute Gasteiger partial charge is 0.297 e. The van der Waals surface area contributed by atoms with E-state index in [1.165, 1.54) is 17.7 Å². The van der Waals surface area contributed by atoms with Gasteiger partial charge in [0.2, 0.25) is 0 Å². The van der Waals surface area contributed by atoms with E-state index in [4.69, 9.17) is 0 Å². The predicted molar refractivity (Wildman–Crippen MR) is 42.8 cm³/mol. The number of nitrogens with zero attached hydrogens (tertiary/aromatic N) is 2. The van der Waals surface area contributed by atoms with Crippen molar-refractivity contribution in [2.24, 2.45) is 0 Å². The van der Waals surface area contributed by atoms with Gasteiger partial charge in [-0.2, -0.15) is 0 Å². The van der Waals surface area contributed by atoms with Gasteiger partial charge in [-0.3, -0.25) is 4.79 Å². The minimum absolute atomic E-state index is 0.695. The molecule has 0 unspecified atom stereocenters. The molecule has 0 saturated heterocycles. The number of hydrogen-bond donors (Lipinski definition) is 0. The number of rotatable bonds is 1. The first-order valence-corrected chi connectivity index (χ1v) is 3.86. The smallest absolute Gasteiger partial charge is 0.160 e. The molecule has 54 valence electrons. The van der Waals surface area contributed by atoms with Gasteiger partial charge in [0.05, 0.1) is 15.1 Å². The lowest BCUT2D eigenvalue weighted by molar-refractivity contribution is 0.112. The first kappa shape index (κ1) is 6.42. The molecule has 0 spiro atoms. The number of thiophene rings is 1. The molecule has 0 atom stereocenters. The molecule has 2 aromatic rings. The predicted octanol–water partition coefficient (Wildman–Crippen LogP) is 1.50. The van der Waals surface area contributed by atoms with Crippen molar-refractivity contribution in [2.45, 2.75) is 0 Å². The standard InChI is InChI=1S/C7H4N2OS/c10-3-5-1-6-7(11-5)2-8-4-9-6/h1-4H. The van der Waals surface area contributed by atoms with Crippen LogP contribution in [0.5, 0.6) is 0 Å². The lowest BCUT2D eigenvalue weighted by Gasteiger charge is -1.80. The number of fused-ring (bicyclic) bond motifs is 1. The average Bonchev–Trinajstić information content (AvgIpc) is 2.46. The fourth-order valence-corrected chi connectivity index (χ4v) is 1.66. The van der Waals surface area contributed by atoms with E-state index in [-0.39, 0.29) is 0 Å². The van der Waals surface area contributed by atoms with Crippen molar-refractivity contribution in [3.63, 3.8) is 0 Å². The first-order chi connectivity index (χ1) is 5.40. The van der Waals surface area contributed by atoms with Crippen molar-refractivity contribution in [1.82, 2.24) is 9.97 Å². The molecule has 3 nitrogen and oxygen atoms in total. The third-order valence-corrected chi connectivity index (χ3v) is 2.31. The highest BCUT2D eigenvalue weighted by Gasteiger charge is 1.99. The molecular weight excluding hydrogens is 160 g/mol. The summed E-state index contributed by atoms with van der Waals surface area (Å²) in [5, 5.41) is 0. The van der Waals surface area contributed by atoms with E-state index in [1.807, 2.05) is 0 Å². The van der Waals surface area contributed by atoms with Gasteiger partial charge in [-0.25, -0.2) is 9.97 Å². The van der Waals surface area contributed by atoms with E-state index in [1.54, 1.807) is 12.3 Å². The van der Waals surface area contributed by atoms with Crippen LogP contribution in [0, 0.1) is 0 Å². The molecule has 2 heterocycles. The molecule has 0 saturated carbocycles. The Morgan fingerprint density at radius 2 is 2.45 bits per heavy atom. The van der Waals surface area contributed by atoms with E-state index in [9.17, 15) is 4.79 Å². The molecule has 0 aromatic carbocycles. The summed E-state index contributed by atoms with van der Waals surface area (Å²) in [7, 11) is 0. The molecule has 0 N–H and O–H groups in total. The Labute approximate surface area is 66.7 Å². The molecule has 2 rings (SSSR count). The SMILES string of the molecule is O=Cc1cc2ncncc2s1. The molecular formula is C7H4N2OS. The Kier molecular flexibility index (Phi) is 1.40.